The maximum absolute atomic E-state index is 14.6. The fraction of sp³-hybridized carbons (Fsp3) is 0.654. The van der Waals surface area contributed by atoms with Crippen LogP contribution < -0.4 is 15.4 Å². The normalized spacial score (nSPS) is 19.6. The van der Waals surface area contributed by atoms with Gasteiger partial charge in [0.1, 0.15) is 11.6 Å². The van der Waals surface area contributed by atoms with Gasteiger partial charge in [0.15, 0.2) is 5.82 Å². The van der Waals surface area contributed by atoms with Gasteiger partial charge in [0.2, 0.25) is 5.91 Å². The first-order chi connectivity index (χ1) is 17.5. The molecule has 2 N–H and O–H groups in total. The van der Waals surface area contributed by atoms with Crippen LogP contribution in [0.3, 0.4) is 0 Å². The summed E-state index contributed by atoms with van der Waals surface area (Å²) >= 11 is 0. The van der Waals surface area contributed by atoms with Crippen LogP contribution in [0.4, 0.5) is 19.2 Å². The zero-order valence-corrected chi connectivity index (χ0v) is 21.6. The smallest absolute Gasteiger partial charge is 0.324 e. The molecule has 8 nitrogen and oxygen atoms in total. The number of likely N-dealkylation sites (tertiary alicyclic amines) is 1. The van der Waals surface area contributed by atoms with Crippen LogP contribution >= 0.6 is 0 Å². The van der Waals surface area contributed by atoms with Gasteiger partial charge >= 0.3 is 6.01 Å². The topological polar surface area (TPSA) is 97.7 Å². The number of piperidine rings is 1. The van der Waals surface area contributed by atoms with Crippen molar-refractivity contribution in [1.29, 1.82) is 0 Å². The van der Waals surface area contributed by atoms with E-state index in [2.05, 4.69) is 22.0 Å². The summed E-state index contributed by atoms with van der Waals surface area (Å²) in [6.07, 6.45) is 2.83. The summed E-state index contributed by atoms with van der Waals surface area (Å²) < 4.78 is 51.8. The van der Waals surface area contributed by atoms with Gasteiger partial charge in [0, 0.05) is 25.1 Å². The number of ether oxygens (including phenoxy) is 1. The van der Waals surface area contributed by atoms with E-state index in [4.69, 9.17) is 15.0 Å². The monoisotopic (exact) mass is 523 g/mol. The zero-order chi connectivity index (χ0) is 26.7. The van der Waals surface area contributed by atoms with E-state index in [0.717, 1.165) is 43.1 Å². The first-order valence-electron chi connectivity index (χ1n) is 12.9. The maximum Gasteiger partial charge on any atom is 0.324 e. The summed E-state index contributed by atoms with van der Waals surface area (Å²) in [5.41, 5.74) is 6.10. The summed E-state index contributed by atoms with van der Waals surface area (Å²) in [6.45, 7) is 7.21. The van der Waals surface area contributed by atoms with Crippen molar-refractivity contribution in [3.63, 3.8) is 0 Å². The molecule has 2 aliphatic heterocycles. The predicted octanol–water partition coefficient (Wildman–Crippen LogP) is 4.00. The second kappa shape index (κ2) is 11.3. The van der Waals surface area contributed by atoms with Crippen LogP contribution in [0.15, 0.2) is 22.7 Å². The number of hydrogen-bond acceptors (Lipinski definition) is 7. The van der Waals surface area contributed by atoms with E-state index in [9.17, 15) is 18.0 Å². The Bertz CT molecular complexity index is 1060. The second-order valence-corrected chi connectivity index (χ2v) is 10.6. The largest absolute Gasteiger partial charge is 0.493 e. The van der Waals surface area contributed by atoms with Crippen LogP contribution in [0.1, 0.15) is 57.3 Å². The van der Waals surface area contributed by atoms with Crippen molar-refractivity contribution in [2.75, 3.05) is 37.7 Å². The van der Waals surface area contributed by atoms with E-state index < -0.39 is 36.8 Å². The molecule has 1 aromatic heterocycles. The molecule has 0 saturated carbocycles. The number of aromatic nitrogens is 2. The number of nitrogens with zero attached hydrogens (tertiary/aromatic N) is 4. The van der Waals surface area contributed by atoms with Crippen molar-refractivity contribution in [3.05, 3.63) is 35.4 Å². The fourth-order valence-electron chi connectivity index (χ4n) is 4.86. The molecule has 0 aliphatic carbocycles. The number of halogens is 3. The van der Waals surface area contributed by atoms with Gasteiger partial charge < -0.3 is 24.8 Å². The van der Waals surface area contributed by atoms with Crippen molar-refractivity contribution in [3.8, 4) is 5.75 Å². The number of rotatable bonds is 10. The lowest BCUT2D eigenvalue weighted by Gasteiger charge is -2.39. The minimum atomic E-state index is -2.86. The van der Waals surface area contributed by atoms with Crippen LogP contribution in [0.25, 0.3) is 0 Å². The Balaban J connectivity index is 1.18. The number of benzene rings is 1. The quantitative estimate of drug-likeness (QED) is 0.503. The van der Waals surface area contributed by atoms with E-state index in [1.54, 1.807) is 6.07 Å². The molecule has 204 valence electrons. The van der Waals surface area contributed by atoms with E-state index in [0.29, 0.717) is 30.2 Å². The number of nitrogens with two attached hydrogens (primary N) is 1. The van der Waals surface area contributed by atoms with Crippen LogP contribution in [-0.2, 0) is 11.2 Å². The second-order valence-electron chi connectivity index (χ2n) is 10.6. The number of alkyl halides is 2. The lowest BCUT2D eigenvalue weighted by atomic mass is 9.84. The summed E-state index contributed by atoms with van der Waals surface area (Å²) in [5.74, 6) is -1.63. The molecule has 2 atom stereocenters. The Morgan fingerprint density at radius 3 is 2.54 bits per heavy atom. The summed E-state index contributed by atoms with van der Waals surface area (Å²) in [7, 11) is 0. The Kier molecular flexibility index (Phi) is 8.30. The number of amides is 1. The van der Waals surface area contributed by atoms with Gasteiger partial charge in [0.05, 0.1) is 25.7 Å². The molecule has 4 rings (SSSR count). The van der Waals surface area contributed by atoms with Crippen molar-refractivity contribution in [2.24, 2.45) is 17.6 Å². The zero-order valence-electron chi connectivity index (χ0n) is 21.6. The molecule has 0 radical (unpaired) electrons. The third kappa shape index (κ3) is 6.74. The Hall–Kier alpha value is -2.82. The van der Waals surface area contributed by atoms with E-state index in [1.807, 2.05) is 13.8 Å². The van der Waals surface area contributed by atoms with Gasteiger partial charge in [0.25, 0.3) is 5.92 Å². The average molecular weight is 524 g/mol. The molecule has 2 fully saturated rings. The molecule has 1 aromatic carbocycles. The number of carbonyl (C=O) groups excluding carboxylic acids is 1. The van der Waals surface area contributed by atoms with Crippen LogP contribution in [-0.4, -0.2) is 65.7 Å². The number of carbonyl (C=O) groups is 1. The average Bonchev–Trinajstić information content (AvgIpc) is 3.34. The maximum atomic E-state index is 14.6. The Morgan fingerprint density at radius 1 is 1.24 bits per heavy atom. The van der Waals surface area contributed by atoms with Crippen LogP contribution in [0.2, 0.25) is 0 Å². The molecule has 1 amide bonds. The molecule has 11 heteroatoms. The van der Waals surface area contributed by atoms with Crippen molar-refractivity contribution < 1.29 is 27.2 Å². The Labute approximate surface area is 215 Å². The predicted molar refractivity (Wildman–Crippen MR) is 132 cm³/mol. The first kappa shape index (κ1) is 27.2. The van der Waals surface area contributed by atoms with Gasteiger partial charge in [-0.25, -0.2) is 13.2 Å². The lowest BCUT2D eigenvalue weighted by Crippen LogP contribution is -2.62. The van der Waals surface area contributed by atoms with Gasteiger partial charge in [-0.3, -0.25) is 4.79 Å². The van der Waals surface area contributed by atoms with Crippen molar-refractivity contribution in [2.45, 2.75) is 64.3 Å². The van der Waals surface area contributed by atoms with Gasteiger partial charge in [-0.15, -0.1) is 0 Å². The summed E-state index contributed by atoms with van der Waals surface area (Å²) in [4.78, 5) is 19.8. The summed E-state index contributed by atoms with van der Waals surface area (Å²) in [6, 6.07) is 3.98. The highest BCUT2D eigenvalue weighted by molar-refractivity contribution is 5.83. The fourth-order valence-corrected chi connectivity index (χ4v) is 4.86. The van der Waals surface area contributed by atoms with Crippen molar-refractivity contribution >= 4 is 11.9 Å². The van der Waals surface area contributed by atoms with E-state index >= 15 is 0 Å². The third-order valence-electron chi connectivity index (χ3n) is 7.34. The highest BCUT2D eigenvalue weighted by Gasteiger charge is 2.47. The Morgan fingerprint density at radius 2 is 1.95 bits per heavy atom. The molecule has 3 heterocycles. The number of anilines is 1. The van der Waals surface area contributed by atoms with Gasteiger partial charge in [-0.05, 0) is 49.1 Å². The minimum absolute atomic E-state index is 0.0644. The van der Waals surface area contributed by atoms with Gasteiger partial charge in [-0.2, -0.15) is 4.98 Å². The summed E-state index contributed by atoms with van der Waals surface area (Å²) in [5, 5.41) is 4.05. The van der Waals surface area contributed by atoms with E-state index in [-0.39, 0.29) is 17.9 Å². The minimum Gasteiger partial charge on any atom is -0.493 e. The molecular formula is C26H36F3N5O3. The van der Waals surface area contributed by atoms with Crippen LogP contribution in [0.5, 0.6) is 5.75 Å². The molecule has 37 heavy (non-hydrogen) atoms. The van der Waals surface area contributed by atoms with E-state index in [1.165, 1.54) is 12.1 Å². The SMILES string of the molecule is CC(C)c1noc(N2CCC(C(C)CCOc3ccc(CC(N)C(=O)N4CC(F)(F)C4)c(F)c3)CC2)n1. The highest BCUT2D eigenvalue weighted by atomic mass is 19.3. The molecule has 2 aromatic rings. The van der Waals surface area contributed by atoms with Crippen molar-refractivity contribution in [1.82, 2.24) is 15.0 Å². The molecule has 2 unspecified atom stereocenters. The number of hydrogen-bond donors (Lipinski definition) is 1. The highest BCUT2D eigenvalue weighted by Crippen LogP contribution is 2.30. The third-order valence-corrected chi connectivity index (χ3v) is 7.34. The molecule has 2 saturated heterocycles. The van der Waals surface area contributed by atoms with Gasteiger partial charge in [-0.1, -0.05) is 32.0 Å². The lowest BCUT2D eigenvalue weighted by molar-refractivity contribution is -0.166. The van der Waals surface area contributed by atoms with Crippen LogP contribution in [0, 0.1) is 17.7 Å². The standard InChI is InChI=1S/C26H36F3N5O3/c1-16(2)23-31-25(37-32-23)33-9-6-18(7-10-33)17(3)8-11-36-20-5-4-19(21(27)13-20)12-22(30)24(35)34-14-26(28,29)15-34/h4-5,13,16-18,22H,6-12,14-15,30H2,1-3H3. The molecular weight excluding hydrogens is 487 g/mol. The first-order valence-corrected chi connectivity index (χ1v) is 12.9. The molecule has 0 bridgehead atoms. The molecule has 2 aliphatic rings. The molecule has 0 spiro atoms.